The first-order chi connectivity index (χ1) is 10.7. The molecule has 1 aliphatic heterocycles. The van der Waals surface area contributed by atoms with Gasteiger partial charge in [-0.15, -0.1) is 0 Å². The maximum atomic E-state index is 5.31. The predicted molar refractivity (Wildman–Crippen MR) is 91.6 cm³/mol. The fourth-order valence-corrected chi connectivity index (χ4v) is 2.84. The van der Waals surface area contributed by atoms with Crippen LogP contribution in [-0.4, -0.2) is 41.3 Å². The molecule has 22 heavy (non-hydrogen) atoms. The van der Waals surface area contributed by atoms with Gasteiger partial charge in [0, 0.05) is 25.2 Å². The predicted octanol–water partition coefficient (Wildman–Crippen LogP) is 2.31. The molecule has 0 aromatic carbocycles. The van der Waals surface area contributed by atoms with Gasteiger partial charge >= 0.3 is 0 Å². The first kappa shape index (κ1) is 15.3. The Kier molecular flexibility index (Phi) is 4.92. The molecule has 1 saturated carbocycles. The number of ether oxygens (including phenoxy) is 1. The van der Waals surface area contributed by atoms with Crippen molar-refractivity contribution in [2.24, 2.45) is 0 Å². The lowest BCUT2D eigenvalue weighted by Gasteiger charge is -2.22. The molecule has 0 spiro atoms. The van der Waals surface area contributed by atoms with Crippen molar-refractivity contribution in [1.29, 1.82) is 0 Å². The fourth-order valence-electron chi connectivity index (χ4n) is 2.59. The molecular weight excluding hydrogens is 298 g/mol. The Morgan fingerprint density at radius 2 is 1.95 bits per heavy atom. The van der Waals surface area contributed by atoms with E-state index in [1.165, 1.54) is 38.5 Å². The number of aromatic nitrogens is 2. The molecule has 0 unspecified atom stereocenters. The Balaban J connectivity index is 1.73. The molecule has 3 rings (SSSR count). The van der Waals surface area contributed by atoms with E-state index in [-0.39, 0.29) is 0 Å². The zero-order chi connectivity index (χ0) is 15.4. The van der Waals surface area contributed by atoms with E-state index in [1.807, 2.05) is 6.07 Å². The van der Waals surface area contributed by atoms with Crippen LogP contribution in [-0.2, 0) is 0 Å². The second kappa shape index (κ2) is 7.09. The summed E-state index contributed by atoms with van der Waals surface area (Å²) in [5, 5.41) is 6.89. The summed E-state index contributed by atoms with van der Waals surface area (Å²) in [6.45, 7) is 2.06. The van der Waals surface area contributed by atoms with Gasteiger partial charge in [0.2, 0.25) is 11.8 Å². The van der Waals surface area contributed by atoms with Crippen LogP contribution in [0.15, 0.2) is 6.07 Å². The minimum Gasteiger partial charge on any atom is -0.481 e. The highest BCUT2D eigenvalue weighted by Gasteiger charge is 2.22. The normalized spacial score (nSPS) is 18.5. The number of nitrogens with zero attached hydrogens (tertiary/aromatic N) is 3. The molecule has 1 aliphatic carbocycles. The molecule has 0 amide bonds. The molecule has 1 aromatic heterocycles. The number of hydrogen-bond acceptors (Lipinski definition) is 5. The van der Waals surface area contributed by atoms with Gasteiger partial charge in [0.05, 0.1) is 7.11 Å². The molecule has 2 aliphatic rings. The van der Waals surface area contributed by atoms with Crippen molar-refractivity contribution in [2.75, 3.05) is 30.4 Å². The monoisotopic (exact) mass is 321 g/mol. The van der Waals surface area contributed by atoms with Crippen LogP contribution < -0.4 is 20.3 Å². The van der Waals surface area contributed by atoms with Gasteiger partial charge in [0.25, 0.3) is 0 Å². The van der Waals surface area contributed by atoms with Crippen LogP contribution in [0.5, 0.6) is 5.88 Å². The van der Waals surface area contributed by atoms with Gasteiger partial charge in [0.1, 0.15) is 5.82 Å². The van der Waals surface area contributed by atoms with Crippen molar-refractivity contribution in [3.05, 3.63) is 6.07 Å². The van der Waals surface area contributed by atoms with Crippen molar-refractivity contribution >= 4 is 29.1 Å². The summed E-state index contributed by atoms with van der Waals surface area (Å²) < 4.78 is 5.31. The Morgan fingerprint density at radius 1 is 1.23 bits per heavy atom. The molecular formula is C15H23N5OS. The van der Waals surface area contributed by atoms with Crippen molar-refractivity contribution < 1.29 is 4.74 Å². The Labute approximate surface area is 136 Å². The summed E-state index contributed by atoms with van der Waals surface area (Å²) in [5.74, 6) is 1.97. The van der Waals surface area contributed by atoms with Crippen LogP contribution in [0, 0.1) is 0 Å². The fraction of sp³-hybridized carbons (Fsp3) is 0.667. The third-order valence-corrected chi connectivity index (χ3v) is 4.19. The zero-order valence-electron chi connectivity index (χ0n) is 13.0. The molecule has 6 nitrogen and oxygen atoms in total. The minimum atomic E-state index is 0.497. The maximum absolute atomic E-state index is 5.31. The summed E-state index contributed by atoms with van der Waals surface area (Å²) in [7, 11) is 1.62. The highest BCUT2D eigenvalue weighted by atomic mass is 32.1. The average molecular weight is 321 g/mol. The van der Waals surface area contributed by atoms with Gasteiger partial charge in [-0.3, -0.25) is 0 Å². The highest BCUT2D eigenvalue weighted by Crippen LogP contribution is 2.23. The van der Waals surface area contributed by atoms with E-state index in [4.69, 9.17) is 17.0 Å². The molecule has 0 bridgehead atoms. The summed E-state index contributed by atoms with van der Waals surface area (Å²) >= 11 is 5.30. The third kappa shape index (κ3) is 4.19. The Morgan fingerprint density at radius 3 is 2.59 bits per heavy atom. The second-order valence-electron chi connectivity index (χ2n) is 5.87. The molecule has 0 radical (unpaired) electrons. The van der Waals surface area contributed by atoms with Crippen molar-refractivity contribution in [3.63, 3.8) is 0 Å². The maximum Gasteiger partial charge on any atom is 0.234 e. The van der Waals surface area contributed by atoms with Crippen LogP contribution in [0.4, 0.5) is 11.8 Å². The standard InChI is InChI=1S/C15H23N5OS/c1-21-13-10-12(20-8-4-2-3-5-9-20)17-14(18-13)19-15(22)16-11-6-7-11/h10-11H,2-9H2,1H3,(H2,16,17,18,19,22). The SMILES string of the molecule is COc1cc(N2CCCCCC2)nc(NC(=S)NC2CC2)n1. The van der Waals surface area contributed by atoms with E-state index >= 15 is 0 Å². The van der Waals surface area contributed by atoms with Crippen LogP contribution in [0.1, 0.15) is 38.5 Å². The molecule has 1 saturated heterocycles. The summed E-state index contributed by atoms with van der Waals surface area (Å²) in [5.41, 5.74) is 0. The van der Waals surface area contributed by atoms with Gasteiger partial charge in [-0.05, 0) is 37.9 Å². The van der Waals surface area contributed by atoms with E-state index in [1.54, 1.807) is 7.11 Å². The van der Waals surface area contributed by atoms with E-state index in [0.29, 0.717) is 23.0 Å². The zero-order valence-corrected chi connectivity index (χ0v) is 13.8. The number of rotatable bonds is 4. The molecule has 2 heterocycles. The topological polar surface area (TPSA) is 62.3 Å². The third-order valence-electron chi connectivity index (χ3n) is 3.97. The van der Waals surface area contributed by atoms with E-state index < -0.39 is 0 Å². The lowest BCUT2D eigenvalue weighted by atomic mass is 10.2. The molecule has 120 valence electrons. The summed E-state index contributed by atoms with van der Waals surface area (Å²) in [6, 6.07) is 2.41. The van der Waals surface area contributed by atoms with E-state index in [0.717, 1.165) is 18.9 Å². The average Bonchev–Trinajstić information content (AvgIpc) is 3.33. The van der Waals surface area contributed by atoms with Crippen LogP contribution in [0.3, 0.4) is 0 Å². The van der Waals surface area contributed by atoms with E-state index in [9.17, 15) is 0 Å². The van der Waals surface area contributed by atoms with Crippen LogP contribution >= 0.6 is 12.2 Å². The molecule has 2 N–H and O–H groups in total. The molecule has 7 heteroatoms. The Bertz CT molecular complexity index is 527. The van der Waals surface area contributed by atoms with Crippen molar-refractivity contribution in [1.82, 2.24) is 15.3 Å². The van der Waals surface area contributed by atoms with Gasteiger partial charge in [-0.2, -0.15) is 9.97 Å². The minimum absolute atomic E-state index is 0.497. The van der Waals surface area contributed by atoms with Crippen LogP contribution in [0.2, 0.25) is 0 Å². The van der Waals surface area contributed by atoms with E-state index in [2.05, 4.69) is 25.5 Å². The van der Waals surface area contributed by atoms with Crippen LogP contribution in [0.25, 0.3) is 0 Å². The Hall–Kier alpha value is -1.63. The second-order valence-corrected chi connectivity index (χ2v) is 6.27. The molecule has 0 atom stereocenters. The highest BCUT2D eigenvalue weighted by molar-refractivity contribution is 7.80. The quantitative estimate of drug-likeness (QED) is 0.825. The van der Waals surface area contributed by atoms with Crippen molar-refractivity contribution in [3.8, 4) is 5.88 Å². The first-order valence-electron chi connectivity index (χ1n) is 8.00. The number of nitrogens with one attached hydrogen (secondary N) is 2. The number of thiocarbonyl (C=S) groups is 1. The number of anilines is 2. The lowest BCUT2D eigenvalue weighted by Crippen LogP contribution is -2.31. The van der Waals surface area contributed by atoms with Gasteiger partial charge in [-0.1, -0.05) is 12.8 Å². The van der Waals surface area contributed by atoms with Gasteiger partial charge < -0.3 is 20.3 Å². The lowest BCUT2D eigenvalue weighted by molar-refractivity contribution is 0.397. The smallest absolute Gasteiger partial charge is 0.234 e. The summed E-state index contributed by atoms with van der Waals surface area (Å²) in [6.07, 6.45) is 7.35. The van der Waals surface area contributed by atoms with Crippen molar-refractivity contribution in [2.45, 2.75) is 44.6 Å². The number of hydrogen-bond donors (Lipinski definition) is 2. The van der Waals surface area contributed by atoms with Gasteiger partial charge in [0.15, 0.2) is 5.11 Å². The number of methoxy groups -OCH3 is 1. The molecule has 1 aromatic rings. The first-order valence-corrected chi connectivity index (χ1v) is 8.41. The largest absolute Gasteiger partial charge is 0.481 e. The molecule has 2 fully saturated rings. The summed E-state index contributed by atoms with van der Waals surface area (Å²) in [4.78, 5) is 11.3. The van der Waals surface area contributed by atoms with Gasteiger partial charge in [-0.25, -0.2) is 0 Å².